The maximum atomic E-state index is 13.9. The zero-order chi connectivity index (χ0) is 31.3. The molecule has 3 aromatic rings. The van der Waals surface area contributed by atoms with Crippen molar-refractivity contribution in [3.63, 3.8) is 0 Å². The third-order valence-electron chi connectivity index (χ3n) is 9.19. The van der Waals surface area contributed by atoms with Gasteiger partial charge in [-0.05, 0) is 74.2 Å². The van der Waals surface area contributed by atoms with Crippen LogP contribution in [0.3, 0.4) is 0 Å². The van der Waals surface area contributed by atoms with Crippen LogP contribution in [0.25, 0.3) is 0 Å². The first kappa shape index (κ1) is 31.9. The first-order valence-corrected chi connectivity index (χ1v) is 15.6. The third-order valence-corrected chi connectivity index (χ3v) is 9.93. The smallest absolute Gasteiger partial charge is 0.254 e. The van der Waals surface area contributed by atoms with E-state index in [-0.39, 0.29) is 11.8 Å². The van der Waals surface area contributed by atoms with Crippen LogP contribution in [-0.2, 0) is 15.6 Å². The first-order chi connectivity index (χ1) is 21.3. The SMILES string of the molecule is COc1cc(C(=O)N2CC[C@](CCNC(=O)C3(c4ccccc4)CCNCC3)(c3ccc(Cl)c(Cl)c3)C2)cc(OC)c1OC. The molecule has 2 aliphatic rings. The monoisotopic (exact) mass is 639 g/mol. The Balaban J connectivity index is 1.39. The normalized spacial score (nSPS) is 19.3. The minimum absolute atomic E-state index is 0.0397. The average Bonchev–Trinajstić information content (AvgIpc) is 3.50. The van der Waals surface area contributed by atoms with Crippen molar-refractivity contribution in [1.82, 2.24) is 15.5 Å². The number of halogens is 2. The number of hydrogen-bond acceptors (Lipinski definition) is 6. The number of nitrogens with one attached hydrogen (secondary N) is 2. The molecule has 2 N–H and O–H groups in total. The highest BCUT2D eigenvalue weighted by atomic mass is 35.5. The fourth-order valence-electron chi connectivity index (χ4n) is 6.69. The molecule has 2 aliphatic heterocycles. The Labute approximate surface area is 269 Å². The van der Waals surface area contributed by atoms with Gasteiger partial charge < -0.3 is 29.7 Å². The fraction of sp³-hybridized carbons (Fsp3) is 0.412. The van der Waals surface area contributed by atoms with Crippen LogP contribution in [-0.4, -0.2) is 70.8 Å². The van der Waals surface area contributed by atoms with E-state index in [0.717, 1.165) is 37.1 Å². The summed E-state index contributed by atoms with van der Waals surface area (Å²) in [6, 6.07) is 19.0. The van der Waals surface area contributed by atoms with Crippen LogP contribution in [0.1, 0.15) is 47.2 Å². The topological polar surface area (TPSA) is 89.1 Å². The number of rotatable bonds is 10. The predicted octanol–water partition coefficient (Wildman–Crippen LogP) is 5.63. The molecule has 0 unspecified atom stereocenters. The quantitative estimate of drug-likeness (QED) is 0.299. The largest absolute Gasteiger partial charge is 0.493 e. The van der Waals surface area contributed by atoms with E-state index in [1.807, 2.05) is 47.4 Å². The van der Waals surface area contributed by atoms with Crippen LogP contribution in [0.4, 0.5) is 0 Å². The van der Waals surface area contributed by atoms with Gasteiger partial charge in [0.1, 0.15) is 0 Å². The molecule has 2 saturated heterocycles. The van der Waals surface area contributed by atoms with Crippen molar-refractivity contribution >= 4 is 35.0 Å². The number of likely N-dealkylation sites (tertiary alicyclic amines) is 1. The number of methoxy groups -OCH3 is 3. The van der Waals surface area contributed by atoms with Gasteiger partial charge in [-0.2, -0.15) is 0 Å². The van der Waals surface area contributed by atoms with Crippen molar-refractivity contribution in [2.75, 3.05) is 54.1 Å². The van der Waals surface area contributed by atoms with Crippen molar-refractivity contribution < 1.29 is 23.8 Å². The molecule has 2 heterocycles. The summed E-state index contributed by atoms with van der Waals surface area (Å²) in [5.41, 5.74) is 1.45. The lowest BCUT2D eigenvalue weighted by Crippen LogP contribution is -2.51. The second-order valence-corrected chi connectivity index (χ2v) is 12.3. The molecule has 3 aromatic carbocycles. The molecule has 8 nitrogen and oxygen atoms in total. The van der Waals surface area contributed by atoms with Crippen molar-refractivity contribution in [2.45, 2.75) is 36.5 Å². The van der Waals surface area contributed by atoms with Gasteiger partial charge in [0.15, 0.2) is 11.5 Å². The summed E-state index contributed by atoms with van der Waals surface area (Å²) < 4.78 is 16.4. The van der Waals surface area contributed by atoms with Crippen molar-refractivity contribution in [1.29, 1.82) is 0 Å². The van der Waals surface area contributed by atoms with Gasteiger partial charge in [-0.15, -0.1) is 0 Å². The fourth-order valence-corrected chi connectivity index (χ4v) is 6.98. The van der Waals surface area contributed by atoms with Gasteiger partial charge in [0, 0.05) is 30.6 Å². The molecule has 44 heavy (non-hydrogen) atoms. The molecule has 0 saturated carbocycles. The summed E-state index contributed by atoms with van der Waals surface area (Å²) in [5.74, 6) is 1.15. The number of amides is 2. The molecule has 1 atom stereocenters. The van der Waals surface area contributed by atoms with Crippen LogP contribution in [0, 0.1) is 0 Å². The zero-order valence-electron chi connectivity index (χ0n) is 25.4. The summed E-state index contributed by atoms with van der Waals surface area (Å²) in [4.78, 5) is 29.6. The van der Waals surface area contributed by atoms with Crippen molar-refractivity contribution in [3.8, 4) is 17.2 Å². The van der Waals surface area contributed by atoms with Gasteiger partial charge in [0.05, 0.1) is 36.8 Å². The van der Waals surface area contributed by atoms with E-state index < -0.39 is 10.8 Å². The van der Waals surface area contributed by atoms with E-state index in [4.69, 9.17) is 37.4 Å². The summed E-state index contributed by atoms with van der Waals surface area (Å²) in [5, 5.41) is 7.60. The second-order valence-electron chi connectivity index (χ2n) is 11.5. The van der Waals surface area contributed by atoms with Gasteiger partial charge >= 0.3 is 0 Å². The van der Waals surface area contributed by atoms with E-state index in [1.54, 1.807) is 18.2 Å². The molecule has 0 aliphatic carbocycles. The summed E-state index contributed by atoms with van der Waals surface area (Å²) >= 11 is 12.8. The molecule has 0 aromatic heterocycles. The summed E-state index contributed by atoms with van der Waals surface area (Å²) in [7, 11) is 4.58. The van der Waals surface area contributed by atoms with Crippen LogP contribution in [0.15, 0.2) is 60.7 Å². The highest BCUT2D eigenvalue weighted by Crippen LogP contribution is 2.42. The molecule has 0 spiro atoms. The maximum Gasteiger partial charge on any atom is 0.254 e. The minimum Gasteiger partial charge on any atom is -0.493 e. The molecule has 0 radical (unpaired) electrons. The molecule has 2 fully saturated rings. The van der Waals surface area contributed by atoms with E-state index in [1.165, 1.54) is 21.3 Å². The lowest BCUT2D eigenvalue weighted by Gasteiger charge is -2.37. The van der Waals surface area contributed by atoms with Crippen LogP contribution in [0.5, 0.6) is 17.2 Å². The number of piperidine rings is 1. The Kier molecular flexibility index (Phi) is 9.93. The van der Waals surface area contributed by atoms with Gasteiger partial charge in [0.25, 0.3) is 5.91 Å². The molecular formula is C34H39Cl2N3O5. The number of carbonyl (C=O) groups excluding carboxylic acids is 2. The van der Waals surface area contributed by atoms with E-state index in [2.05, 4.69) is 10.6 Å². The van der Waals surface area contributed by atoms with Crippen LogP contribution >= 0.6 is 23.2 Å². The summed E-state index contributed by atoms with van der Waals surface area (Å²) in [6.07, 6.45) is 2.79. The highest BCUT2D eigenvalue weighted by molar-refractivity contribution is 6.42. The summed E-state index contributed by atoms with van der Waals surface area (Å²) in [6.45, 7) is 3.00. The lowest BCUT2D eigenvalue weighted by molar-refractivity contribution is -0.127. The highest BCUT2D eigenvalue weighted by Gasteiger charge is 2.44. The van der Waals surface area contributed by atoms with Crippen LogP contribution < -0.4 is 24.8 Å². The standard InChI is InChI=1S/C34H39Cl2N3O5/c1-42-28-19-23(20-29(43-2)30(28)44-3)31(40)39-18-14-33(22-39,25-9-10-26(35)27(36)21-25)11-17-38-32(41)34(12-15-37-16-13-34)24-7-5-4-6-8-24/h4-10,19-21,37H,11-18,22H2,1-3H3,(H,38,41)/t33-/m0/s1. The van der Waals surface area contributed by atoms with E-state index in [0.29, 0.717) is 65.3 Å². The number of carbonyl (C=O) groups is 2. The minimum atomic E-state index is -0.576. The number of benzene rings is 3. The van der Waals surface area contributed by atoms with Gasteiger partial charge in [-0.25, -0.2) is 0 Å². The molecular weight excluding hydrogens is 601 g/mol. The maximum absolute atomic E-state index is 13.9. The number of hydrogen-bond donors (Lipinski definition) is 2. The van der Waals surface area contributed by atoms with Crippen molar-refractivity contribution in [2.24, 2.45) is 0 Å². The lowest BCUT2D eigenvalue weighted by atomic mass is 9.72. The van der Waals surface area contributed by atoms with Gasteiger partial charge in [0.2, 0.25) is 11.7 Å². The second kappa shape index (κ2) is 13.7. The Morgan fingerprint density at radius 3 is 2.16 bits per heavy atom. The van der Waals surface area contributed by atoms with E-state index >= 15 is 0 Å². The Morgan fingerprint density at radius 2 is 1.55 bits per heavy atom. The Morgan fingerprint density at radius 1 is 0.864 bits per heavy atom. The zero-order valence-corrected chi connectivity index (χ0v) is 26.9. The number of nitrogens with zero attached hydrogens (tertiary/aromatic N) is 1. The Bertz CT molecular complexity index is 1470. The van der Waals surface area contributed by atoms with Gasteiger partial charge in [-0.3, -0.25) is 9.59 Å². The Hall–Kier alpha value is -3.46. The van der Waals surface area contributed by atoms with Crippen molar-refractivity contribution in [3.05, 3.63) is 87.4 Å². The number of ether oxygens (including phenoxy) is 3. The molecule has 0 bridgehead atoms. The first-order valence-electron chi connectivity index (χ1n) is 14.9. The molecule has 10 heteroatoms. The predicted molar refractivity (Wildman–Crippen MR) is 173 cm³/mol. The third kappa shape index (κ3) is 6.21. The van der Waals surface area contributed by atoms with Crippen LogP contribution in [0.2, 0.25) is 10.0 Å². The molecule has 5 rings (SSSR count). The molecule has 2 amide bonds. The molecule has 234 valence electrons. The van der Waals surface area contributed by atoms with E-state index in [9.17, 15) is 9.59 Å². The van der Waals surface area contributed by atoms with Gasteiger partial charge in [-0.1, -0.05) is 59.6 Å². The average molecular weight is 641 g/mol.